The van der Waals surface area contributed by atoms with E-state index in [1.165, 1.54) is 11.8 Å². The molecule has 7 heteroatoms. The van der Waals surface area contributed by atoms with Gasteiger partial charge in [-0.25, -0.2) is 0 Å². The van der Waals surface area contributed by atoms with Gasteiger partial charge in [0.25, 0.3) is 0 Å². The van der Waals surface area contributed by atoms with Crippen molar-refractivity contribution in [1.29, 1.82) is 0 Å². The summed E-state index contributed by atoms with van der Waals surface area (Å²) in [5, 5.41) is 5.59. The average Bonchev–Trinajstić information content (AvgIpc) is 2.71. The van der Waals surface area contributed by atoms with Crippen LogP contribution >= 0.6 is 11.8 Å². The number of thioether (sulfide) groups is 1. The Morgan fingerprint density at radius 2 is 1.61 bits per heavy atom. The topological polar surface area (TPSA) is 70.7 Å². The number of carbonyl (C=O) groups excluding carboxylic acids is 2. The molecule has 1 aliphatic rings. The van der Waals surface area contributed by atoms with Crippen LogP contribution in [0.15, 0.2) is 59.5 Å². The van der Waals surface area contributed by atoms with Gasteiger partial charge in [-0.1, -0.05) is 18.2 Å². The van der Waals surface area contributed by atoms with Crippen molar-refractivity contribution in [2.45, 2.75) is 17.1 Å². The maximum absolute atomic E-state index is 12.4. The average molecular weight is 400 g/mol. The molecular weight excluding hydrogens is 374 g/mol. The highest BCUT2D eigenvalue weighted by Gasteiger charge is 2.16. The number of nitrogens with one attached hydrogen (secondary N) is 2. The van der Waals surface area contributed by atoms with Gasteiger partial charge in [-0.3, -0.25) is 14.5 Å². The number of nitrogens with zero attached hydrogens (tertiary/aromatic N) is 1. The molecule has 0 bridgehead atoms. The molecule has 2 amide bonds. The second-order valence-corrected chi connectivity index (χ2v) is 7.99. The highest BCUT2D eigenvalue weighted by molar-refractivity contribution is 8.00. The van der Waals surface area contributed by atoms with Gasteiger partial charge in [0.1, 0.15) is 0 Å². The van der Waals surface area contributed by atoms with Crippen LogP contribution in [-0.4, -0.2) is 54.8 Å². The molecule has 1 saturated heterocycles. The number of morpholine rings is 1. The number of carbonyl (C=O) groups is 2. The van der Waals surface area contributed by atoms with Crippen LogP contribution in [0.25, 0.3) is 0 Å². The Labute approximate surface area is 169 Å². The van der Waals surface area contributed by atoms with E-state index in [4.69, 9.17) is 4.74 Å². The third-order valence-electron chi connectivity index (χ3n) is 4.33. The van der Waals surface area contributed by atoms with Crippen molar-refractivity contribution in [3.8, 4) is 0 Å². The van der Waals surface area contributed by atoms with Crippen LogP contribution in [0, 0.1) is 0 Å². The zero-order valence-corrected chi connectivity index (χ0v) is 16.7. The van der Waals surface area contributed by atoms with Crippen molar-refractivity contribution >= 4 is 35.0 Å². The predicted molar refractivity (Wildman–Crippen MR) is 113 cm³/mol. The quantitative estimate of drug-likeness (QED) is 0.700. The highest BCUT2D eigenvalue weighted by Crippen LogP contribution is 2.24. The number of hydrogen-bond donors (Lipinski definition) is 2. The van der Waals surface area contributed by atoms with Gasteiger partial charge >= 0.3 is 0 Å². The lowest BCUT2D eigenvalue weighted by Gasteiger charge is -2.25. The minimum Gasteiger partial charge on any atom is -0.379 e. The SMILES string of the molecule is CC(Sc1ccccc1)C(=O)Nc1ccc(NC(=O)CN2CCOCC2)cc1. The molecule has 1 unspecified atom stereocenters. The first-order valence-electron chi connectivity index (χ1n) is 9.33. The maximum Gasteiger partial charge on any atom is 0.238 e. The number of rotatable bonds is 7. The Balaban J connectivity index is 1.46. The first kappa shape index (κ1) is 20.4. The van der Waals surface area contributed by atoms with Gasteiger partial charge < -0.3 is 15.4 Å². The molecule has 6 nitrogen and oxygen atoms in total. The fraction of sp³-hybridized carbons (Fsp3) is 0.333. The van der Waals surface area contributed by atoms with Gasteiger partial charge in [-0.05, 0) is 43.3 Å². The smallest absolute Gasteiger partial charge is 0.238 e. The zero-order valence-electron chi connectivity index (χ0n) is 15.9. The number of benzene rings is 2. The van der Waals surface area contributed by atoms with Gasteiger partial charge in [-0.15, -0.1) is 11.8 Å². The van der Waals surface area contributed by atoms with Crippen molar-refractivity contribution in [2.75, 3.05) is 43.5 Å². The number of ether oxygens (including phenoxy) is 1. The maximum atomic E-state index is 12.4. The largest absolute Gasteiger partial charge is 0.379 e. The first-order valence-corrected chi connectivity index (χ1v) is 10.2. The molecule has 0 aromatic heterocycles. The second kappa shape index (κ2) is 10.3. The van der Waals surface area contributed by atoms with Gasteiger partial charge in [0, 0.05) is 29.4 Å². The van der Waals surface area contributed by atoms with E-state index in [1.54, 1.807) is 24.3 Å². The molecule has 1 aliphatic heterocycles. The van der Waals surface area contributed by atoms with Crippen molar-refractivity contribution in [1.82, 2.24) is 4.90 Å². The Morgan fingerprint density at radius 1 is 1.00 bits per heavy atom. The third-order valence-corrected chi connectivity index (χ3v) is 5.44. The highest BCUT2D eigenvalue weighted by atomic mass is 32.2. The molecule has 1 atom stereocenters. The van der Waals surface area contributed by atoms with E-state index < -0.39 is 0 Å². The third kappa shape index (κ3) is 6.37. The Kier molecular flexibility index (Phi) is 7.47. The lowest BCUT2D eigenvalue weighted by molar-refractivity contribution is -0.118. The zero-order chi connectivity index (χ0) is 19.8. The molecular formula is C21H25N3O3S. The molecule has 0 spiro atoms. The van der Waals surface area contributed by atoms with Crippen molar-refractivity contribution in [3.63, 3.8) is 0 Å². The molecule has 1 heterocycles. The van der Waals surface area contributed by atoms with Crippen molar-refractivity contribution in [3.05, 3.63) is 54.6 Å². The second-order valence-electron chi connectivity index (χ2n) is 6.58. The standard InChI is InChI=1S/C21H25N3O3S/c1-16(28-19-5-3-2-4-6-19)21(26)23-18-9-7-17(8-10-18)22-20(25)15-24-11-13-27-14-12-24/h2-10,16H,11-15H2,1H3,(H,22,25)(H,23,26). The minimum atomic E-state index is -0.213. The lowest BCUT2D eigenvalue weighted by Crippen LogP contribution is -2.41. The summed E-state index contributed by atoms with van der Waals surface area (Å²) in [6.07, 6.45) is 0. The summed E-state index contributed by atoms with van der Waals surface area (Å²) in [4.78, 5) is 27.7. The Hall–Kier alpha value is -2.35. The van der Waals surface area contributed by atoms with Gasteiger partial charge in [-0.2, -0.15) is 0 Å². The summed E-state index contributed by atoms with van der Waals surface area (Å²) < 4.78 is 5.28. The van der Waals surface area contributed by atoms with Crippen LogP contribution in [0.1, 0.15) is 6.92 Å². The van der Waals surface area contributed by atoms with Gasteiger partial charge in [0.15, 0.2) is 0 Å². The molecule has 148 valence electrons. The molecule has 0 saturated carbocycles. The molecule has 0 radical (unpaired) electrons. The number of amides is 2. The summed E-state index contributed by atoms with van der Waals surface area (Å²) in [7, 11) is 0. The van der Waals surface area contributed by atoms with Gasteiger partial charge in [0.2, 0.25) is 11.8 Å². The normalized spacial score (nSPS) is 15.6. The monoisotopic (exact) mass is 399 g/mol. The Bertz CT molecular complexity index is 777. The Morgan fingerprint density at radius 3 is 2.25 bits per heavy atom. The van der Waals surface area contributed by atoms with Crippen LogP contribution < -0.4 is 10.6 Å². The molecule has 1 fully saturated rings. The molecule has 3 rings (SSSR count). The van der Waals surface area contributed by atoms with Crippen LogP contribution in [0.4, 0.5) is 11.4 Å². The lowest BCUT2D eigenvalue weighted by atomic mass is 10.2. The fourth-order valence-corrected chi connectivity index (χ4v) is 3.69. The van der Waals surface area contributed by atoms with E-state index in [1.807, 2.05) is 37.3 Å². The van der Waals surface area contributed by atoms with Crippen LogP contribution in [0.5, 0.6) is 0 Å². The van der Waals surface area contributed by atoms with E-state index in [2.05, 4.69) is 15.5 Å². The summed E-state index contributed by atoms with van der Waals surface area (Å²) in [6, 6.07) is 17.0. The predicted octanol–water partition coefficient (Wildman–Crippen LogP) is 3.08. The number of anilines is 2. The van der Waals surface area contributed by atoms with Crippen LogP contribution in [0.3, 0.4) is 0 Å². The van der Waals surface area contributed by atoms with Gasteiger partial charge in [0.05, 0.1) is 25.0 Å². The molecule has 28 heavy (non-hydrogen) atoms. The van der Waals surface area contributed by atoms with E-state index in [-0.39, 0.29) is 17.1 Å². The summed E-state index contributed by atoms with van der Waals surface area (Å²) in [6.45, 7) is 5.13. The fourth-order valence-electron chi connectivity index (χ4n) is 2.80. The van der Waals surface area contributed by atoms with Crippen LogP contribution in [-0.2, 0) is 14.3 Å². The number of hydrogen-bond acceptors (Lipinski definition) is 5. The van der Waals surface area contributed by atoms with E-state index >= 15 is 0 Å². The van der Waals surface area contributed by atoms with Crippen molar-refractivity contribution in [2.24, 2.45) is 0 Å². The van der Waals surface area contributed by atoms with E-state index in [0.717, 1.165) is 18.0 Å². The summed E-state index contributed by atoms with van der Waals surface area (Å²) in [5.41, 5.74) is 1.42. The molecule has 2 aromatic carbocycles. The molecule has 2 N–H and O–H groups in total. The van der Waals surface area contributed by atoms with Crippen molar-refractivity contribution < 1.29 is 14.3 Å². The summed E-state index contributed by atoms with van der Waals surface area (Å²) in [5.74, 6) is -0.107. The van der Waals surface area contributed by atoms with E-state index in [0.29, 0.717) is 31.1 Å². The summed E-state index contributed by atoms with van der Waals surface area (Å²) >= 11 is 1.52. The molecule has 2 aromatic rings. The van der Waals surface area contributed by atoms with E-state index in [9.17, 15) is 9.59 Å². The minimum absolute atomic E-state index is 0.0495. The molecule has 0 aliphatic carbocycles. The van der Waals surface area contributed by atoms with Crippen LogP contribution in [0.2, 0.25) is 0 Å². The first-order chi connectivity index (χ1) is 13.6.